The van der Waals surface area contributed by atoms with Crippen molar-refractivity contribution < 1.29 is 5.11 Å². The first-order valence-electron chi connectivity index (χ1n) is 4.97. The standard InChI is InChI=1S/C11H14N2OS/c1-7(8(2)14)12-11-13-9-5-3-4-6-10(9)15-11/h3-8,14H,1-2H3,(H,12,13)/t7-,8-/m1/s1. The fraction of sp³-hybridized carbons (Fsp3) is 0.364. The van der Waals surface area contributed by atoms with Crippen LogP contribution in [0.4, 0.5) is 5.13 Å². The van der Waals surface area contributed by atoms with E-state index < -0.39 is 0 Å². The molecule has 2 aromatic rings. The summed E-state index contributed by atoms with van der Waals surface area (Å²) in [5.74, 6) is 0. The third kappa shape index (κ3) is 2.27. The molecule has 0 unspecified atom stereocenters. The second-order valence-electron chi connectivity index (χ2n) is 3.66. The molecule has 0 bridgehead atoms. The largest absolute Gasteiger partial charge is 0.391 e. The summed E-state index contributed by atoms with van der Waals surface area (Å²) in [6, 6.07) is 8.03. The van der Waals surface area contributed by atoms with Gasteiger partial charge >= 0.3 is 0 Å². The smallest absolute Gasteiger partial charge is 0.184 e. The number of benzene rings is 1. The Labute approximate surface area is 92.8 Å². The zero-order chi connectivity index (χ0) is 10.8. The fourth-order valence-corrected chi connectivity index (χ4v) is 2.21. The van der Waals surface area contributed by atoms with Gasteiger partial charge in [-0.3, -0.25) is 0 Å². The highest BCUT2D eigenvalue weighted by molar-refractivity contribution is 7.22. The normalized spacial score (nSPS) is 15.1. The number of anilines is 1. The average Bonchev–Trinajstić information content (AvgIpc) is 2.59. The van der Waals surface area contributed by atoms with Crippen molar-refractivity contribution in [3.05, 3.63) is 24.3 Å². The highest BCUT2D eigenvalue weighted by Crippen LogP contribution is 2.25. The van der Waals surface area contributed by atoms with Gasteiger partial charge in [-0.1, -0.05) is 23.5 Å². The summed E-state index contributed by atoms with van der Waals surface area (Å²) in [4.78, 5) is 4.43. The molecule has 0 fully saturated rings. The minimum atomic E-state index is -0.378. The molecule has 0 amide bonds. The van der Waals surface area contributed by atoms with Gasteiger partial charge in [0.2, 0.25) is 0 Å². The third-order valence-electron chi connectivity index (χ3n) is 2.37. The van der Waals surface area contributed by atoms with Crippen LogP contribution < -0.4 is 5.32 Å². The lowest BCUT2D eigenvalue weighted by Gasteiger charge is -2.15. The Morgan fingerprint density at radius 3 is 2.73 bits per heavy atom. The molecule has 0 saturated carbocycles. The molecule has 1 heterocycles. The Balaban J connectivity index is 2.22. The van der Waals surface area contributed by atoms with Crippen molar-refractivity contribution in [3.8, 4) is 0 Å². The van der Waals surface area contributed by atoms with Crippen LogP contribution in [0.15, 0.2) is 24.3 Å². The molecule has 0 spiro atoms. The van der Waals surface area contributed by atoms with E-state index >= 15 is 0 Å². The first kappa shape index (κ1) is 10.4. The summed E-state index contributed by atoms with van der Waals surface area (Å²) in [6.45, 7) is 3.71. The van der Waals surface area contributed by atoms with Gasteiger partial charge in [0.25, 0.3) is 0 Å². The van der Waals surface area contributed by atoms with E-state index in [1.54, 1.807) is 18.3 Å². The van der Waals surface area contributed by atoms with Crippen LogP contribution in [-0.2, 0) is 0 Å². The summed E-state index contributed by atoms with van der Waals surface area (Å²) < 4.78 is 1.16. The quantitative estimate of drug-likeness (QED) is 0.838. The maximum absolute atomic E-state index is 9.37. The molecule has 0 radical (unpaired) electrons. The molecular weight excluding hydrogens is 208 g/mol. The molecular formula is C11H14N2OS. The topological polar surface area (TPSA) is 45.1 Å². The highest BCUT2D eigenvalue weighted by atomic mass is 32.1. The third-order valence-corrected chi connectivity index (χ3v) is 3.34. The molecule has 3 nitrogen and oxygen atoms in total. The van der Waals surface area contributed by atoms with E-state index in [0.29, 0.717) is 0 Å². The van der Waals surface area contributed by atoms with Gasteiger partial charge in [-0.15, -0.1) is 0 Å². The van der Waals surface area contributed by atoms with E-state index in [0.717, 1.165) is 15.3 Å². The molecule has 4 heteroatoms. The van der Waals surface area contributed by atoms with Crippen molar-refractivity contribution in [3.63, 3.8) is 0 Å². The van der Waals surface area contributed by atoms with Gasteiger partial charge in [0.05, 0.1) is 22.4 Å². The molecule has 1 aromatic heterocycles. The van der Waals surface area contributed by atoms with Crippen molar-refractivity contribution in [1.82, 2.24) is 4.98 Å². The number of rotatable bonds is 3. The van der Waals surface area contributed by atoms with Gasteiger partial charge in [0.15, 0.2) is 5.13 Å². The zero-order valence-corrected chi connectivity index (χ0v) is 9.58. The Morgan fingerprint density at radius 1 is 1.33 bits per heavy atom. The van der Waals surface area contributed by atoms with Crippen LogP contribution in [-0.4, -0.2) is 22.2 Å². The van der Waals surface area contributed by atoms with Crippen molar-refractivity contribution in [2.45, 2.75) is 26.0 Å². The summed E-state index contributed by atoms with van der Waals surface area (Å²) in [5.41, 5.74) is 1.00. The Hall–Kier alpha value is -1.13. The first-order chi connectivity index (χ1) is 7.16. The molecule has 80 valence electrons. The molecule has 0 aliphatic carbocycles. The molecule has 0 saturated heterocycles. The van der Waals surface area contributed by atoms with Crippen molar-refractivity contribution >= 4 is 26.7 Å². The fourth-order valence-electron chi connectivity index (χ4n) is 1.25. The summed E-state index contributed by atoms with van der Waals surface area (Å²) in [7, 11) is 0. The highest BCUT2D eigenvalue weighted by Gasteiger charge is 2.10. The predicted octanol–water partition coefficient (Wildman–Crippen LogP) is 2.48. The number of para-hydroxylation sites is 1. The minimum absolute atomic E-state index is 0.0190. The lowest BCUT2D eigenvalue weighted by atomic mass is 10.2. The van der Waals surface area contributed by atoms with Crippen molar-refractivity contribution in [2.75, 3.05) is 5.32 Å². The van der Waals surface area contributed by atoms with Crippen LogP contribution in [0.5, 0.6) is 0 Å². The van der Waals surface area contributed by atoms with Crippen LogP contribution in [0.2, 0.25) is 0 Å². The van der Waals surface area contributed by atoms with E-state index in [9.17, 15) is 5.11 Å². The number of hydrogen-bond acceptors (Lipinski definition) is 4. The molecule has 0 aliphatic heterocycles. The van der Waals surface area contributed by atoms with Crippen LogP contribution in [0.3, 0.4) is 0 Å². The van der Waals surface area contributed by atoms with Gasteiger partial charge < -0.3 is 10.4 Å². The number of aliphatic hydroxyl groups is 1. The number of hydrogen-bond donors (Lipinski definition) is 2. The van der Waals surface area contributed by atoms with Gasteiger partial charge in [-0.05, 0) is 26.0 Å². The number of thiazole rings is 1. The summed E-state index contributed by atoms with van der Waals surface area (Å²) in [5, 5.41) is 13.4. The second-order valence-corrected chi connectivity index (χ2v) is 4.69. The van der Waals surface area contributed by atoms with E-state index in [2.05, 4.69) is 10.3 Å². The Kier molecular flexibility index (Phi) is 2.88. The summed E-state index contributed by atoms with van der Waals surface area (Å²) >= 11 is 1.61. The molecule has 2 N–H and O–H groups in total. The second kappa shape index (κ2) is 4.16. The van der Waals surface area contributed by atoms with Crippen molar-refractivity contribution in [1.29, 1.82) is 0 Å². The van der Waals surface area contributed by atoms with Gasteiger partial charge in [-0.2, -0.15) is 0 Å². The zero-order valence-electron chi connectivity index (χ0n) is 8.77. The number of nitrogens with one attached hydrogen (secondary N) is 1. The van der Waals surface area contributed by atoms with Crippen LogP contribution >= 0.6 is 11.3 Å². The van der Waals surface area contributed by atoms with Gasteiger partial charge in [0, 0.05) is 0 Å². The Bertz CT molecular complexity index is 420. The number of aliphatic hydroxyl groups excluding tert-OH is 1. The molecule has 1 aromatic carbocycles. The number of fused-ring (bicyclic) bond motifs is 1. The average molecular weight is 222 g/mol. The number of nitrogens with zero attached hydrogens (tertiary/aromatic N) is 1. The molecule has 0 aliphatic rings. The van der Waals surface area contributed by atoms with Crippen LogP contribution in [0, 0.1) is 0 Å². The molecule has 2 rings (SSSR count). The van der Waals surface area contributed by atoms with Crippen LogP contribution in [0.1, 0.15) is 13.8 Å². The van der Waals surface area contributed by atoms with E-state index in [1.807, 2.05) is 31.2 Å². The van der Waals surface area contributed by atoms with E-state index in [-0.39, 0.29) is 12.1 Å². The lowest BCUT2D eigenvalue weighted by Crippen LogP contribution is -2.27. The summed E-state index contributed by atoms with van der Waals surface area (Å²) in [6.07, 6.45) is -0.378. The van der Waals surface area contributed by atoms with E-state index in [1.165, 1.54) is 0 Å². The first-order valence-corrected chi connectivity index (χ1v) is 5.78. The van der Waals surface area contributed by atoms with Gasteiger partial charge in [0.1, 0.15) is 0 Å². The molecule has 15 heavy (non-hydrogen) atoms. The predicted molar refractivity (Wildman–Crippen MR) is 64.4 cm³/mol. The SMILES string of the molecule is C[C@@H](O)[C@@H](C)Nc1nc2ccccc2s1. The van der Waals surface area contributed by atoms with Gasteiger partial charge in [-0.25, -0.2) is 4.98 Å². The molecule has 2 atom stereocenters. The Morgan fingerprint density at radius 2 is 2.07 bits per heavy atom. The lowest BCUT2D eigenvalue weighted by molar-refractivity contribution is 0.178. The van der Waals surface area contributed by atoms with E-state index in [4.69, 9.17) is 0 Å². The minimum Gasteiger partial charge on any atom is -0.391 e. The maximum atomic E-state index is 9.37. The maximum Gasteiger partial charge on any atom is 0.184 e. The monoisotopic (exact) mass is 222 g/mol. The van der Waals surface area contributed by atoms with Crippen LogP contribution in [0.25, 0.3) is 10.2 Å². The number of aromatic nitrogens is 1. The van der Waals surface area contributed by atoms with Crippen molar-refractivity contribution in [2.24, 2.45) is 0 Å².